The van der Waals surface area contributed by atoms with Crippen LogP contribution in [0.2, 0.25) is 0 Å². The van der Waals surface area contributed by atoms with Gasteiger partial charge in [0.15, 0.2) is 5.17 Å². The molecule has 2 amide bonds. The molecule has 0 aromatic rings. The number of hydrogen-bond acceptors (Lipinski definition) is 4. The Bertz CT molecular complexity index is 444. The van der Waals surface area contributed by atoms with Crippen LogP contribution in [0.1, 0.15) is 44.9 Å². The molecule has 0 spiro atoms. The summed E-state index contributed by atoms with van der Waals surface area (Å²) in [6.07, 6.45) is 7.53. The maximum absolute atomic E-state index is 12.3. The molecule has 0 aromatic carbocycles. The van der Waals surface area contributed by atoms with Crippen LogP contribution in [-0.4, -0.2) is 46.8 Å². The zero-order valence-corrected chi connectivity index (χ0v) is 13.2. The van der Waals surface area contributed by atoms with Gasteiger partial charge >= 0.3 is 0 Å². The molecule has 2 aliphatic heterocycles. The first-order valence-corrected chi connectivity index (χ1v) is 9.00. The third-order valence-electron chi connectivity index (χ3n) is 4.61. The molecule has 2 fully saturated rings. The Morgan fingerprint density at radius 3 is 2.67 bits per heavy atom. The van der Waals surface area contributed by atoms with Crippen molar-refractivity contribution in [2.45, 2.75) is 51.0 Å². The summed E-state index contributed by atoms with van der Waals surface area (Å²) in [7, 11) is 0. The fourth-order valence-corrected chi connectivity index (χ4v) is 4.18. The summed E-state index contributed by atoms with van der Waals surface area (Å²) >= 11 is 1.58. The highest BCUT2D eigenvalue weighted by Gasteiger charge is 2.38. The highest BCUT2D eigenvalue weighted by molar-refractivity contribution is 8.14. The number of amidine groups is 1. The van der Waals surface area contributed by atoms with E-state index in [1.807, 2.05) is 4.90 Å². The molecule has 1 saturated carbocycles. The minimum absolute atomic E-state index is 0.0346. The van der Waals surface area contributed by atoms with Crippen molar-refractivity contribution in [1.82, 2.24) is 10.2 Å². The molecule has 2 heterocycles. The van der Waals surface area contributed by atoms with Gasteiger partial charge in [0.2, 0.25) is 11.8 Å². The van der Waals surface area contributed by atoms with Gasteiger partial charge in [0.25, 0.3) is 0 Å². The number of aliphatic imine (C=N–C) groups is 1. The molecular weight excluding hydrogens is 286 g/mol. The predicted octanol–water partition coefficient (Wildman–Crippen LogP) is 1.78. The van der Waals surface area contributed by atoms with Crippen LogP contribution in [0.15, 0.2) is 4.99 Å². The van der Waals surface area contributed by atoms with Crippen LogP contribution in [0.4, 0.5) is 0 Å². The summed E-state index contributed by atoms with van der Waals surface area (Å²) in [5.41, 5.74) is 0. The van der Waals surface area contributed by atoms with Crippen LogP contribution in [0.5, 0.6) is 0 Å². The Balaban J connectivity index is 1.57. The van der Waals surface area contributed by atoms with E-state index < -0.39 is 0 Å². The number of thioether (sulfide) groups is 1. The first-order valence-electron chi connectivity index (χ1n) is 8.01. The van der Waals surface area contributed by atoms with Gasteiger partial charge in [-0.15, -0.1) is 0 Å². The van der Waals surface area contributed by atoms with Crippen molar-refractivity contribution in [3.05, 3.63) is 0 Å². The molecule has 116 valence electrons. The van der Waals surface area contributed by atoms with E-state index >= 15 is 0 Å². The Morgan fingerprint density at radius 2 is 2.00 bits per heavy atom. The van der Waals surface area contributed by atoms with Gasteiger partial charge in [0.05, 0.1) is 12.5 Å². The first kappa shape index (κ1) is 14.9. The second kappa shape index (κ2) is 6.81. The zero-order valence-electron chi connectivity index (χ0n) is 12.3. The minimum atomic E-state index is -0.204. The number of rotatable bonds is 2. The van der Waals surface area contributed by atoms with Crippen LogP contribution in [0, 0.1) is 5.92 Å². The Labute approximate surface area is 129 Å². The van der Waals surface area contributed by atoms with Crippen LogP contribution < -0.4 is 5.32 Å². The normalized spacial score (nSPS) is 27.6. The average molecular weight is 309 g/mol. The van der Waals surface area contributed by atoms with Crippen molar-refractivity contribution < 1.29 is 9.59 Å². The molecule has 1 N–H and O–H groups in total. The van der Waals surface area contributed by atoms with Gasteiger partial charge in [-0.3, -0.25) is 14.6 Å². The second-order valence-electron chi connectivity index (χ2n) is 6.12. The maximum atomic E-state index is 12.3. The van der Waals surface area contributed by atoms with Crippen LogP contribution in [0.3, 0.4) is 0 Å². The monoisotopic (exact) mass is 309 g/mol. The summed E-state index contributed by atoms with van der Waals surface area (Å²) in [4.78, 5) is 30.7. The third kappa shape index (κ3) is 3.59. The van der Waals surface area contributed by atoms with E-state index in [1.54, 1.807) is 11.8 Å². The molecule has 1 saturated heterocycles. The Morgan fingerprint density at radius 1 is 1.24 bits per heavy atom. The van der Waals surface area contributed by atoms with E-state index in [1.165, 1.54) is 25.7 Å². The van der Waals surface area contributed by atoms with E-state index in [2.05, 4.69) is 10.3 Å². The topological polar surface area (TPSA) is 61.8 Å². The molecule has 0 bridgehead atoms. The molecule has 1 unspecified atom stereocenters. The van der Waals surface area contributed by atoms with E-state index in [4.69, 9.17) is 0 Å². The molecule has 1 atom stereocenters. The highest BCUT2D eigenvalue weighted by Crippen LogP contribution is 2.28. The van der Waals surface area contributed by atoms with Crippen molar-refractivity contribution in [2.75, 3.05) is 18.8 Å². The van der Waals surface area contributed by atoms with E-state index in [-0.39, 0.29) is 17.7 Å². The quantitative estimate of drug-likeness (QED) is 0.791. The fraction of sp³-hybridized carbons (Fsp3) is 0.800. The second-order valence-corrected chi connectivity index (χ2v) is 7.20. The summed E-state index contributed by atoms with van der Waals surface area (Å²) in [5, 5.41) is 3.59. The molecule has 0 aromatic heterocycles. The van der Waals surface area contributed by atoms with Gasteiger partial charge in [0.1, 0.15) is 0 Å². The number of hydrogen-bond donors (Lipinski definition) is 1. The number of nitrogens with one attached hydrogen (secondary N) is 1. The molecular formula is C15H23N3O2S. The van der Waals surface area contributed by atoms with Crippen LogP contribution >= 0.6 is 11.8 Å². The predicted molar refractivity (Wildman–Crippen MR) is 84.2 cm³/mol. The number of carbonyl (C=O) groups excluding carboxylic acids is 2. The van der Waals surface area contributed by atoms with Gasteiger partial charge < -0.3 is 10.2 Å². The maximum Gasteiger partial charge on any atom is 0.231 e. The van der Waals surface area contributed by atoms with Gasteiger partial charge in [-0.05, 0) is 12.8 Å². The van der Waals surface area contributed by atoms with Crippen molar-refractivity contribution >= 4 is 28.7 Å². The molecule has 21 heavy (non-hydrogen) atoms. The first-order chi connectivity index (χ1) is 10.2. The van der Waals surface area contributed by atoms with Crippen LogP contribution in [-0.2, 0) is 9.59 Å². The number of likely N-dealkylation sites (tertiary alicyclic amines) is 1. The van der Waals surface area contributed by atoms with E-state index in [0.29, 0.717) is 19.0 Å². The number of nitrogens with zero attached hydrogens (tertiary/aromatic N) is 2. The molecule has 1 aliphatic carbocycles. The van der Waals surface area contributed by atoms with Gasteiger partial charge in [0, 0.05) is 24.8 Å². The largest absolute Gasteiger partial charge is 0.339 e. The van der Waals surface area contributed by atoms with Crippen molar-refractivity contribution in [2.24, 2.45) is 10.9 Å². The average Bonchev–Trinajstić information content (AvgIpc) is 3.02. The van der Waals surface area contributed by atoms with Crippen LogP contribution in [0.25, 0.3) is 0 Å². The highest BCUT2D eigenvalue weighted by atomic mass is 32.2. The molecule has 3 aliphatic rings. The fourth-order valence-electron chi connectivity index (χ4n) is 3.45. The number of carbonyl (C=O) groups is 2. The number of amides is 2. The van der Waals surface area contributed by atoms with E-state index in [9.17, 15) is 9.59 Å². The molecule has 6 heteroatoms. The lowest BCUT2D eigenvalue weighted by molar-refractivity contribution is -0.130. The van der Waals surface area contributed by atoms with Crippen molar-refractivity contribution in [1.29, 1.82) is 0 Å². The third-order valence-corrected chi connectivity index (χ3v) is 5.50. The lowest BCUT2D eigenvalue weighted by Crippen LogP contribution is -2.38. The smallest absolute Gasteiger partial charge is 0.231 e. The summed E-state index contributed by atoms with van der Waals surface area (Å²) in [5.74, 6) is 0.855. The van der Waals surface area contributed by atoms with Gasteiger partial charge in [-0.25, -0.2) is 0 Å². The summed E-state index contributed by atoms with van der Waals surface area (Å²) in [6.45, 7) is 1.37. The van der Waals surface area contributed by atoms with Gasteiger partial charge in [-0.2, -0.15) is 0 Å². The standard InChI is InChI=1S/C15H23N3O2S/c19-13-9-11(14(20)17-15-16-7-8-21-15)10-18(13)12-5-3-1-2-4-6-12/h11-12H,1-10H2,(H,16,17,20). The molecule has 3 rings (SSSR count). The Hall–Kier alpha value is -1.04. The lowest BCUT2D eigenvalue weighted by Gasteiger charge is -2.27. The summed E-state index contributed by atoms with van der Waals surface area (Å²) in [6, 6.07) is 0.357. The molecule has 0 radical (unpaired) electrons. The van der Waals surface area contributed by atoms with E-state index in [0.717, 1.165) is 30.3 Å². The van der Waals surface area contributed by atoms with Crippen molar-refractivity contribution in [3.8, 4) is 0 Å². The SMILES string of the molecule is O=C(NC1=NCCS1)C1CC(=O)N(C2CCCCCC2)C1. The molecule has 5 nitrogen and oxygen atoms in total. The lowest BCUT2D eigenvalue weighted by atomic mass is 10.1. The van der Waals surface area contributed by atoms with Gasteiger partial charge in [-0.1, -0.05) is 37.4 Å². The van der Waals surface area contributed by atoms with Crippen molar-refractivity contribution in [3.63, 3.8) is 0 Å². The Kier molecular flexibility index (Phi) is 4.83. The summed E-state index contributed by atoms with van der Waals surface area (Å²) < 4.78 is 0. The zero-order chi connectivity index (χ0) is 14.7. The minimum Gasteiger partial charge on any atom is -0.339 e.